The summed E-state index contributed by atoms with van der Waals surface area (Å²) in [4.78, 5) is 27.3. The first-order valence-corrected chi connectivity index (χ1v) is 7.23. The number of rotatable bonds is 5. The van der Waals surface area contributed by atoms with Crippen LogP contribution in [-0.2, 0) is 20.7 Å². The van der Waals surface area contributed by atoms with Crippen molar-refractivity contribution >= 4 is 23.4 Å². The number of methoxy groups -OCH3 is 1. The number of isocyanates is 1. The maximum atomic E-state index is 11.5. The van der Waals surface area contributed by atoms with Crippen LogP contribution in [0.25, 0.3) is 10.4 Å². The van der Waals surface area contributed by atoms with Crippen molar-refractivity contribution in [2.75, 3.05) is 7.11 Å². The van der Waals surface area contributed by atoms with Gasteiger partial charge in [0.15, 0.2) is 6.04 Å². The Hall–Kier alpha value is -2.74. The second-order valence-corrected chi connectivity index (χ2v) is 5.59. The summed E-state index contributed by atoms with van der Waals surface area (Å²) in [7, 11) is 1.26. The van der Waals surface area contributed by atoms with Gasteiger partial charge in [0.05, 0.1) is 18.7 Å². The van der Waals surface area contributed by atoms with Crippen LogP contribution < -0.4 is 0 Å². The van der Waals surface area contributed by atoms with E-state index in [2.05, 4.69) is 15.8 Å². The van der Waals surface area contributed by atoms with E-state index in [-0.39, 0.29) is 0 Å². The molecule has 1 aromatic carbocycles. The fourth-order valence-electron chi connectivity index (χ4n) is 1.92. The zero-order chi connectivity index (χ0) is 15.9. The first-order valence-electron chi connectivity index (χ1n) is 6.42. The molecular formula is C16H12N2O3S. The number of thiophene rings is 1. The third-order valence-corrected chi connectivity index (χ3v) is 4.19. The molecule has 5 nitrogen and oxygen atoms in total. The smallest absolute Gasteiger partial charge is 0.331 e. The van der Waals surface area contributed by atoms with E-state index < -0.39 is 12.0 Å². The van der Waals surface area contributed by atoms with E-state index in [1.807, 2.05) is 24.3 Å². The van der Waals surface area contributed by atoms with Gasteiger partial charge >= 0.3 is 5.97 Å². The van der Waals surface area contributed by atoms with E-state index in [1.165, 1.54) is 24.5 Å². The molecule has 2 aromatic rings. The number of aliphatic imine (C=N–C) groups is 1. The number of nitrogens with zero attached hydrogens (tertiary/aromatic N) is 2. The highest BCUT2D eigenvalue weighted by Crippen LogP contribution is 2.29. The number of nitriles is 1. The molecule has 0 aliphatic rings. The van der Waals surface area contributed by atoms with Gasteiger partial charge in [-0.15, -0.1) is 11.3 Å². The standard InChI is InChI=1S/C16H12N2O3S/c1-21-16(20)14(18-10-19)8-13-6-7-15(22-13)12-4-2-11(9-17)3-5-12/h2-7,14H,8H2,1H3. The quantitative estimate of drug-likeness (QED) is 0.483. The van der Waals surface area contributed by atoms with E-state index in [9.17, 15) is 9.59 Å². The van der Waals surface area contributed by atoms with Crippen LogP contribution in [0.2, 0.25) is 0 Å². The molecular weight excluding hydrogens is 300 g/mol. The van der Waals surface area contributed by atoms with E-state index in [1.54, 1.807) is 12.1 Å². The van der Waals surface area contributed by atoms with Crippen molar-refractivity contribution in [3.63, 3.8) is 0 Å². The minimum Gasteiger partial charge on any atom is -0.467 e. The largest absolute Gasteiger partial charge is 0.467 e. The van der Waals surface area contributed by atoms with E-state index >= 15 is 0 Å². The predicted molar refractivity (Wildman–Crippen MR) is 82.1 cm³/mol. The van der Waals surface area contributed by atoms with Crippen LogP contribution in [0.1, 0.15) is 10.4 Å². The van der Waals surface area contributed by atoms with Crippen LogP contribution in [0.15, 0.2) is 41.4 Å². The molecule has 0 spiro atoms. The molecule has 0 aliphatic carbocycles. The highest BCUT2D eigenvalue weighted by atomic mass is 32.1. The number of ether oxygens (including phenoxy) is 1. The Morgan fingerprint density at radius 2 is 2.05 bits per heavy atom. The molecule has 1 aromatic heterocycles. The number of hydrogen-bond acceptors (Lipinski definition) is 6. The Morgan fingerprint density at radius 1 is 1.32 bits per heavy atom. The van der Waals surface area contributed by atoms with Crippen LogP contribution in [-0.4, -0.2) is 25.2 Å². The number of carbonyl (C=O) groups excluding carboxylic acids is 2. The molecule has 0 radical (unpaired) electrons. The summed E-state index contributed by atoms with van der Waals surface area (Å²) in [5.74, 6) is -0.559. The van der Waals surface area contributed by atoms with Crippen LogP contribution in [0.3, 0.4) is 0 Å². The molecule has 0 saturated heterocycles. The van der Waals surface area contributed by atoms with Gasteiger partial charge < -0.3 is 4.74 Å². The van der Waals surface area contributed by atoms with Gasteiger partial charge in [0.25, 0.3) is 0 Å². The minimum absolute atomic E-state index is 0.295. The van der Waals surface area contributed by atoms with E-state index in [0.29, 0.717) is 12.0 Å². The average molecular weight is 312 g/mol. The molecule has 2 rings (SSSR count). The summed E-state index contributed by atoms with van der Waals surface area (Å²) in [6.07, 6.45) is 1.70. The van der Waals surface area contributed by atoms with Crippen LogP contribution in [0, 0.1) is 11.3 Å². The van der Waals surface area contributed by atoms with Crippen LogP contribution in [0.5, 0.6) is 0 Å². The SMILES string of the molecule is COC(=O)C(Cc1ccc(-c2ccc(C#N)cc2)s1)N=C=O. The van der Waals surface area contributed by atoms with Crippen molar-refractivity contribution in [1.82, 2.24) is 0 Å². The van der Waals surface area contributed by atoms with Gasteiger partial charge in [0, 0.05) is 16.2 Å². The van der Waals surface area contributed by atoms with Gasteiger partial charge in [-0.25, -0.2) is 9.59 Å². The molecule has 0 saturated carbocycles. The summed E-state index contributed by atoms with van der Waals surface area (Å²) in [6, 6.07) is 12.3. The Labute approximate surface area is 131 Å². The van der Waals surface area contributed by atoms with Crippen molar-refractivity contribution < 1.29 is 14.3 Å². The van der Waals surface area contributed by atoms with E-state index in [4.69, 9.17) is 5.26 Å². The fourth-order valence-corrected chi connectivity index (χ4v) is 2.97. The molecule has 1 unspecified atom stereocenters. The zero-order valence-electron chi connectivity index (χ0n) is 11.8. The third-order valence-electron chi connectivity index (χ3n) is 3.04. The normalized spacial score (nSPS) is 11.1. The Kier molecular flexibility index (Phi) is 5.21. The number of carbonyl (C=O) groups is 1. The lowest BCUT2D eigenvalue weighted by molar-refractivity contribution is -0.142. The highest BCUT2D eigenvalue weighted by Gasteiger charge is 2.19. The molecule has 0 fully saturated rings. The molecule has 0 amide bonds. The lowest BCUT2D eigenvalue weighted by Crippen LogP contribution is -2.22. The molecule has 0 N–H and O–H groups in total. The monoisotopic (exact) mass is 312 g/mol. The van der Waals surface area contributed by atoms with Crippen molar-refractivity contribution in [3.8, 4) is 16.5 Å². The van der Waals surface area contributed by atoms with Gasteiger partial charge in [0.2, 0.25) is 6.08 Å². The molecule has 1 atom stereocenters. The van der Waals surface area contributed by atoms with Gasteiger partial charge in [-0.1, -0.05) is 12.1 Å². The molecule has 22 heavy (non-hydrogen) atoms. The Morgan fingerprint density at radius 3 is 2.64 bits per heavy atom. The molecule has 0 aliphatic heterocycles. The molecule has 6 heteroatoms. The second-order valence-electron chi connectivity index (χ2n) is 4.42. The maximum absolute atomic E-state index is 11.5. The minimum atomic E-state index is -0.866. The maximum Gasteiger partial charge on any atom is 0.331 e. The Bertz CT molecular complexity index is 752. The molecule has 1 heterocycles. The lowest BCUT2D eigenvalue weighted by Gasteiger charge is -2.06. The summed E-state index contributed by atoms with van der Waals surface area (Å²) in [5, 5.41) is 8.80. The van der Waals surface area contributed by atoms with Crippen molar-refractivity contribution in [1.29, 1.82) is 5.26 Å². The van der Waals surface area contributed by atoms with Crippen LogP contribution >= 0.6 is 11.3 Å². The van der Waals surface area contributed by atoms with E-state index in [0.717, 1.165) is 15.3 Å². The summed E-state index contributed by atoms with van der Waals surface area (Å²) in [5.41, 5.74) is 1.59. The lowest BCUT2D eigenvalue weighted by atomic mass is 10.1. The number of benzene rings is 1. The summed E-state index contributed by atoms with van der Waals surface area (Å²) >= 11 is 1.50. The number of esters is 1. The van der Waals surface area contributed by atoms with Crippen molar-refractivity contribution in [3.05, 3.63) is 46.8 Å². The predicted octanol–water partition coefficient (Wildman–Crippen LogP) is 2.71. The van der Waals surface area contributed by atoms with Crippen molar-refractivity contribution in [2.45, 2.75) is 12.5 Å². The zero-order valence-corrected chi connectivity index (χ0v) is 12.6. The van der Waals surface area contributed by atoms with Crippen LogP contribution in [0.4, 0.5) is 0 Å². The number of hydrogen-bond donors (Lipinski definition) is 0. The summed E-state index contributed by atoms with van der Waals surface area (Å²) in [6.45, 7) is 0. The topological polar surface area (TPSA) is 79.5 Å². The first-order chi connectivity index (χ1) is 10.7. The first kappa shape index (κ1) is 15.6. The third kappa shape index (κ3) is 3.67. The molecule has 0 bridgehead atoms. The summed E-state index contributed by atoms with van der Waals surface area (Å²) < 4.78 is 4.62. The van der Waals surface area contributed by atoms with Crippen molar-refractivity contribution in [2.24, 2.45) is 4.99 Å². The van der Waals surface area contributed by atoms with Gasteiger partial charge in [-0.05, 0) is 29.8 Å². The average Bonchev–Trinajstić information content (AvgIpc) is 3.02. The molecule has 110 valence electrons. The van der Waals surface area contributed by atoms with Gasteiger partial charge in [-0.3, -0.25) is 0 Å². The Balaban J connectivity index is 2.18. The van der Waals surface area contributed by atoms with Gasteiger partial charge in [0.1, 0.15) is 0 Å². The highest BCUT2D eigenvalue weighted by molar-refractivity contribution is 7.15. The second kappa shape index (κ2) is 7.32. The fraction of sp³-hybridized carbons (Fsp3) is 0.188. The van der Waals surface area contributed by atoms with Gasteiger partial charge in [-0.2, -0.15) is 10.3 Å².